The first-order valence-corrected chi connectivity index (χ1v) is 4.07. The molecule has 1 heterocycles. The lowest BCUT2D eigenvalue weighted by Crippen LogP contribution is -1.96. The zero-order valence-corrected chi connectivity index (χ0v) is 7.26. The Balaban J connectivity index is 2.81. The van der Waals surface area contributed by atoms with E-state index in [1.165, 1.54) is 16.7 Å². The van der Waals surface area contributed by atoms with Crippen molar-refractivity contribution in [1.29, 1.82) is 0 Å². The largest absolute Gasteiger partial charge is 0.476 e. The zero-order valence-electron chi connectivity index (χ0n) is 5.44. The molecular formula is C5H5N2O2PS. The van der Waals surface area contributed by atoms with E-state index in [9.17, 15) is 4.79 Å². The van der Waals surface area contributed by atoms with E-state index in [-0.39, 0.29) is 5.69 Å². The van der Waals surface area contributed by atoms with Crippen molar-refractivity contribution in [2.75, 3.05) is 0 Å². The van der Waals surface area contributed by atoms with Crippen LogP contribution in [0.4, 0.5) is 0 Å². The van der Waals surface area contributed by atoms with Crippen LogP contribution in [0, 0.1) is 0 Å². The van der Waals surface area contributed by atoms with Crippen molar-refractivity contribution < 1.29 is 9.90 Å². The summed E-state index contributed by atoms with van der Waals surface area (Å²) in [5, 5.41) is 10.7. The second-order valence-electron chi connectivity index (χ2n) is 1.75. The van der Waals surface area contributed by atoms with Gasteiger partial charge in [-0.2, -0.15) is 0 Å². The molecule has 0 aliphatic carbocycles. The number of carbonyl (C=O) groups is 1. The molecule has 0 amide bonds. The normalized spacial score (nSPS) is 9.45. The molecule has 1 N–H and O–H groups in total. The molecule has 0 bridgehead atoms. The number of hydrogen-bond donors (Lipinski definition) is 1. The molecule has 0 spiro atoms. The second kappa shape index (κ2) is 3.55. The third-order valence-corrected chi connectivity index (χ3v) is 1.98. The fourth-order valence-corrected chi connectivity index (χ4v) is 1.51. The fourth-order valence-electron chi connectivity index (χ4n) is 0.549. The Morgan fingerprint density at radius 3 is 3.09 bits per heavy atom. The first kappa shape index (κ1) is 8.30. The molecule has 0 saturated carbocycles. The number of aromatic carboxylic acids is 1. The summed E-state index contributed by atoms with van der Waals surface area (Å²) in [7, 11) is 2.92. The number of rotatable bonds is 3. The first-order chi connectivity index (χ1) is 5.24. The molecule has 0 radical (unpaired) electrons. The van der Waals surface area contributed by atoms with E-state index in [4.69, 9.17) is 5.11 Å². The van der Waals surface area contributed by atoms with Gasteiger partial charge in [-0.15, -0.1) is 11.3 Å². The summed E-state index contributed by atoms with van der Waals surface area (Å²) >= 11 is 1.29. The maximum Gasteiger partial charge on any atom is 0.355 e. The minimum Gasteiger partial charge on any atom is -0.476 e. The maximum absolute atomic E-state index is 10.3. The SMILES string of the molecule is O=C(O)c1csc(CN=P)n1. The van der Waals surface area contributed by atoms with E-state index in [0.717, 1.165) is 0 Å². The Bertz CT molecular complexity index is 286. The van der Waals surface area contributed by atoms with Gasteiger partial charge in [0.2, 0.25) is 0 Å². The quantitative estimate of drug-likeness (QED) is 0.734. The molecule has 58 valence electrons. The van der Waals surface area contributed by atoms with E-state index in [1.807, 2.05) is 0 Å². The van der Waals surface area contributed by atoms with Gasteiger partial charge in [-0.25, -0.2) is 9.78 Å². The highest BCUT2D eigenvalue weighted by Gasteiger charge is 2.06. The summed E-state index contributed by atoms with van der Waals surface area (Å²) in [4.78, 5) is 14.1. The number of nitrogens with zero attached hydrogens (tertiary/aromatic N) is 2. The molecule has 0 aliphatic rings. The summed E-state index contributed by atoms with van der Waals surface area (Å²) in [6.07, 6.45) is 0. The van der Waals surface area contributed by atoms with Gasteiger partial charge < -0.3 is 5.11 Å². The highest BCUT2D eigenvalue weighted by atomic mass is 32.1. The van der Waals surface area contributed by atoms with Crippen LogP contribution in [0.5, 0.6) is 0 Å². The smallest absolute Gasteiger partial charge is 0.355 e. The highest BCUT2D eigenvalue weighted by molar-refractivity contribution is 7.10. The summed E-state index contributed by atoms with van der Waals surface area (Å²) < 4.78 is 3.64. The van der Waals surface area contributed by atoms with Gasteiger partial charge in [-0.1, -0.05) is 0 Å². The first-order valence-electron chi connectivity index (χ1n) is 2.75. The molecule has 0 saturated heterocycles. The third-order valence-electron chi connectivity index (χ3n) is 0.985. The Kier molecular flexibility index (Phi) is 2.68. The molecule has 4 nitrogen and oxygen atoms in total. The van der Waals surface area contributed by atoms with Gasteiger partial charge in [-0.3, -0.25) is 4.74 Å². The van der Waals surface area contributed by atoms with Crippen LogP contribution >= 0.6 is 20.4 Å². The minimum absolute atomic E-state index is 0.0836. The molecular weight excluding hydrogens is 183 g/mol. The van der Waals surface area contributed by atoms with Crippen molar-refractivity contribution in [3.63, 3.8) is 0 Å². The zero-order chi connectivity index (χ0) is 8.27. The van der Waals surface area contributed by atoms with Crippen LogP contribution in [0.25, 0.3) is 0 Å². The van der Waals surface area contributed by atoms with Crippen molar-refractivity contribution in [1.82, 2.24) is 4.98 Å². The van der Waals surface area contributed by atoms with Crippen LogP contribution in [-0.4, -0.2) is 16.1 Å². The molecule has 1 rings (SSSR count). The molecule has 11 heavy (non-hydrogen) atoms. The lowest BCUT2D eigenvalue weighted by atomic mass is 10.5. The highest BCUT2D eigenvalue weighted by Crippen LogP contribution is 2.10. The van der Waals surface area contributed by atoms with E-state index < -0.39 is 5.97 Å². The molecule has 0 atom stereocenters. The summed E-state index contributed by atoms with van der Waals surface area (Å²) in [5.74, 6) is -0.999. The monoisotopic (exact) mass is 188 g/mol. The standard InChI is InChI=1S/C5H5N2O2PS/c8-5(9)3-2-11-4(7-3)1-6-10/h2,10H,1H2,(H,8,9). The van der Waals surface area contributed by atoms with Gasteiger partial charge in [0, 0.05) is 5.38 Å². The molecule has 0 aliphatic heterocycles. The van der Waals surface area contributed by atoms with Crippen LogP contribution in [0.15, 0.2) is 10.1 Å². The third kappa shape index (κ3) is 2.06. The predicted molar refractivity (Wildman–Crippen MR) is 43.5 cm³/mol. The van der Waals surface area contributed by atoms with Crippen molar-refractivity contribution >= 4 is 26.3 Å². The molecule has 0 fully saturated rings. The van der Waals surface area contributed by atoms with Gasteiger partial charge >= 0.3 is 5.97 Å². The van der Waals surface area contributed by atoms with Gasteiger partial charge in [0.15, 0.2) is 5.69 Å². The van der Waals surface area contributed by atoms with E-state index >= 15 is 0 Å². The minimum atomic E-state index is -0.999. The maximum atomic E-state index is 10.3. The summed E-state index contributed by atoms with van der Waals surface area (Å²) in [6.45, 7) is 0.412. The van der Waals surface area contributed by atoms with Crippen LogP contribution < -0.4 is 0 Å². The van der Waals surface area contributed by atoms with Crippen molar-refractivity contribution in [2.24, 2.45) is 4.74 Å². The van der Waals surface area contributed by atoms with Crippen molar-refractivity contribution in [3.05, 3.63) is 16.1 Å². The van der Waals surface area contributed by atoms with E-state index in [2.05, 4.69) is 18.8 Å². The number of aromatic nitrogens is 1. The predicted octanol–water partition coefficient (Wildman–Crippen LogP) is 1.67. The van der Waals surface area contributed by atoms with Gasteiger partial charge in [0.05, 0.1) is 6.54 Å². The van der Waals surface area contributed by atoms with Crippen molar-refractivity contribution in [3.8, 4) is 0 Å². The lowest BCUT2D eigenvalue weighted by molar-refractivity contribution is 0.0691. The van der Waals surface area contributed by atoms with Gasteiger partial charge in [0.25, 0.3) is 0 Å². The molecule has 0 aromatic carbocycles. The molecule has 1 aromatic heterocycles. The van der Waals surface area contributed by atoms with Gasteiger partial charge in [0.1, 0.15) is 5.01 Å². The Morgan fingerprint density at radius 1 is 1.91 bits per heavy atom. The van der Waals surface area contributed by atoms with Crippen LogP contribution in [0.1, 0.15) is 15.5 Å². The Labute approximate surface area is 69.2 Å². The van der Waals surface area contributed by atoms with Crippen molar-refractivity contribution in [2.45, 2.75) is 6.54 Å². The van der Waals surface area contributed by atoms with E-state index in [0.29, 0.717) is 11.6 Å². The number of hydrogen-bond acceptors (Lipinski definition) is 4. The average Bonchev–Trinajstić information content (AvgIpc) is 2.37. The summed E-state index contributed by atoms with van der Waals surface area (Å²) in [5.41, 5.74) is 0.0836. The van der Waals surface area contributed by atoms with Gasteiger partial charge in [-0.05, 0) is 9.03 Å². The van der Waals surface area contributed by atoms with Crippen LogP contribution in [0.3, 0.4) is 0 Å². The molecule has 1 aromatic rings. The number of carboxylic acids is 1. The Hall–Kier alpha value is -0.800. The molecule has 6 heteroatoms. The number of carboxylic acid groups (broad SMARTS) is 1. The lowest BCUT2D eigenvalue weighted by Gasteiger charge is -1.83. The molecule has 0 unspecified atom stereocenters. The summed E-state index contributed by atoms with van der Waals surface area (Å²) in [6, 6.07) is 0. The Morgan fingerprint density at radius 2 is 2.64 bits per heavy atom. The number of thiazole rings is 1. The van der Waals surface area contributed by atoms with Crippen LogP contribution in [0.2, 0.25) is 0 Å². The van der Waals surface area contributed by atoms with E-state index in [1.54, 1.807) is 0 Å². The fraction of sp³-hybridized carbons (Fsp3) is 0.200. The van der Waals surface area contributed by atoms with Crippen LogP contribution in [-0.2, 0) is 6.54 Å². The topological polar surface area (TPSA) is 62.5 Å². The second-order valence-corrected chi connectivity index (χ2v) is 3.01. The average molecular weight is 188 g/mol.